The normalized spacial score (nSPS) is 12.0. The molecule has 1 aromatic carbocycles. The first kappa shape index (κ1) is 15.0. The Kier molecular flexibility index (Phi) is 5.36. The van der Waals surface area contributed by atoms with E-state index in [9.17, 15) is 9.59 Å². The van der Waals surface area contributed by atoms with Crippen molar-refractivity contribution in [1.29, 1.82) is 0 Å². The molecule has 0 saturated heterocycles. The van der Waals surface area contributed by atoms with Gasteiger partial charge in [0.15, 0.2) is 0 Å². The number of nitrogens with one attached hydrogen (secondary N) is 1. The fourth-order valence-corrected chi connectivity index (χ4v) is 1.75. The highest BCUT2D eigenvalue weighted by molar-refractivity contribution is 5.97. The van der Waals surface area contributed by atoms with Crippen molar-refractivity contribution in [1.82, 2.24) is 5.32 Å². The van der Waals surface area contributed by atoms with E-state index >= 15 is 0 Å². The lowest BCUT2D eigenvalue weighted by atomic mass is 10.0. The smallest absolute Gasteiger partial charge is 0.328 e. The van der Waals surface area contributed by atoms with E-state index in [0.29, 0.717) is 17.7 Å². The molecule has 0 fully saturated rings. The molecule has 1 rings (SSSR count). The van der Waals surface area contributed by atoms with Gasteiger partial charge in [0.2, 0.25) is 0 Å². The number of hydrogen-bond acceptors (Lipinski definition) is 4. The Morgan fingerprint density at radius 1 is 1.37 bits per heavy atom. The predicted molar refractivity (Wildman–Crippen MR) is 73.6 cm³/mol. The summed E-state index contributed by atoms with van der Waals surface area (Å²) in [5.41, 5.74) is 6.56. The van der Waals surface area contributed by atoms with Crippen molar-refractivity contribution in [3.05, 3.63) is 29.8 Å². The summed E-state index contributed by atoms with van der Waals surface area (Å²) in [4.78, 5) is 23.7. The highest BCUT2D eigenvalue weighted by atomic mass is 16.5. The fraction of sp³-hybridized carbons (Fsp3) is 0.429. The molecule has 1 aromatic rings. The van der Waals surface area contributed by atoms with Crippen LogP contribution in [0.2, 0.25) is 0 Å². The van der Waals surface area contributed by atoms with Gasteiger partial charge in [0.1, 0.15) is 6.04 Å². The van der Waals surface area contributed by atoms with Gasteiger partial charge in [0.25, 0.3) is 5.91 Å². The van der Waals surface area contributed by atoms with Gasteiger partial charge in [-0.25, -0.2) is 4.79 Å². The lowest BCUT2D eigenvalue weighted by molar-refractivity contribution is -0.143. The second-order valence-corrected chi connectivity index (χ2v) is 4.80. The molecule has 0 aliphatic carbocycles. The Morgan fingerprint density at radius 2 is 2.05 bits per heavy atom. The zero-order valence-electron chi connectivity index (χ0n) is 11.5. The third kappa shape index (κ3) is 4.62. The van der Waals surface area contributed by atoms with Crippen molar-refractivity contribution < 1.29 is 14.3 Å². The lowest BCUT2D eigenvalue weighted by Gasteiger charge is -2.18. The van der Waals surface area contributed by atoms with Crippen LogP contribution in [0.15, 0.2) is 24.3 Å². The molecule has 1 unspecified atom stereocenters. The van der Waals surface area contributed by atoms with E-state index in [1.165, 1.54) is 7.11 Å². The van der Waals surface area contributed by atoms with E-state index in [0.717, 1.165) is 0 Å². The van der Waals surface area contributed by atoms with Crippen LogP contribution in [0.3, 0.4) is 0 Å². The minimum atomic E-state index is -0.640. The van der Waals surface area contributed by atoms with Gasteiger partial charge in [-0.1, -0.05) is 19.9 Å². The molecule has 0 bridgehead atoms. The number of esters is 1. The van der Waals surface area contributed by atoms with Crippen molar-refractivity contribution >= 4 is 17.6 Å². The van der Waals surface area contributed by atoms with Gasteiger partial charge >= 0.3 is 5.97 Å². The number of ether oxygens (including phenoxy) is 1. The van der Waals surface area contributed by atoms with Crippen LogP contribution in [-0.4, -0.2) is 25.0 Å². The molecule has 3 N–H and O–H groups in total. The van der Waals surface area contributed by atoms with Crippen LogP contribution in [-0.2, 0) is 9.53 Å². The monoisotopic (exact) mass is 264 g/mol. The number of nitrogen functional groups attached to an aromatic ring is 1. The maximum Gasteiger partial charge on any atom is 0.328 e. The van der Waals surface area contributed by atoms with Gasteiger partial charge in [0.05, 0.1) is 7.11 Å². The van der Waals surface area contributed by atoms with Gasteiger partial charge in [0, 0.05) is 11.3 Å². The summed E-state index contributed by atoms with van der Waals surface area (Å²) >= 11 is 0. The zero-order valence-corrected chi connectivity index (χ0v) is 11.5. The molecule has 1 atom stereocenters. The number of anilines is 1. The highest BCUT2D eigenvalue weighted by Crippen LogP contribution is 2.10. The summed E-state index contributed by atoms with van der Waals surface area (Å²) in [6.45, 7) is 3.95. The lowest BCUT2D eigenvalue weighted by Crippen LogP contribution is -2.42. The maximum atomic E-state index is 12.0. The van der Waals surface area contributed by atoms with Crippen LogP contribution in [0.5, 0.6) is 0 Å². The van der Waals surface area contributed by atoms with Crippen molar-refractivity contribution in [2.45, 2.75) is 26.3 Å². The minimum absolute atomic E-state index is 0.269. The molecule has 19 heavy (non-hydrogen) atoms. The average Bonchev–Trinajstić information content (AvgIpc) is 2.36. The molecule has 5 heteroatoms. The van der Waals surface area contributed by atoms with Gasteiger partial charge in [-0.3, -0.25) is 4.79 Å². The maximum absolute atomic E-state index is 12.0. The number of nitrogens with two attached hydrogens (primary N) is 1. The number of methoxy groups -OCH3 is 1. The SMILES string of the molecule is COC(=O)C(CC(C)C)NC(=O)c1cccc(N)c1. The first-order chi connectivity index (χ1) is 8.93. The van der Waals surface area contributed by atoms with Crippen molar-refractivity contribution in [2.75, 3.05) is 12.8 Å². The van der Waals surface area contributed by atoms with Crippen LogP contribution in [0.25, 0.3) is 0 Å². The molecule has 0 aromatic heterocycles. The Bertz CT molecular complexity index is 458. The minimum Gasteiger partial charge on any atom is -0.467 e. The van der Waals surface area contributed by atoms with E-state index in [4.69, 9.17) is 10.5 Å². The Balaban J connectivity index is 2.78. The van der Waals surface area contributed by atoms with Crippen LogP contribution in [0.1, 0.15) is 30.6 Å². The molecule has 5 nitrogen and oxygen atoms in total. The molecule has 1 amide bonds. The van der Waals surface area contributed by atoms with Crippen LogP contribution >= 0.6 is 0 Å². The van der Waals surface area contributed by atoms with E-state index in [1.54, 1.807) is 24.3 Å². The zero-order chi connectivity index (χ0) is 14.4. The van der Waals surface area contributed by atoms with Crippen LogP contribution in [0, 0.1) is 5.92 Å². The summed E-state index contributed by atoms with van der Waals surface area (Å²) in [7, 11) is 1.31. The topological polar surface area (TPSA) is 81.4 Å². The van der Waals surface area contributed by atoms with E-state index in [1.807, 2.05) is 13.8 Å². The Morgan fingerprint density at radius 3 is 2.58 bits per heavy atom. The van der Waals surface area contributed by atoms with Gasteiger partial charge in [-0.2, -0.15) is 0 Å². The van der Waals surface area contributed by atoms with Crippen LogP contribution in [0.4, 0.5) is 5.69 Å². The number of hydrogen-bond donors (Lipinski definition) is 2. The third-order valence-corrected chi connectivity index (χ3v) is 2.65. The largest absolute Gasteiger partial charge is 0.467 e. The number of carbonyl (C=O) groups is 2. The first-order valence-corrected chi connectivity index (χ1v) is 6.18. The summed E-state index contributed by atoms with van der Waals surface area (Å²) in [5, 5.41) is 2.67. The van der Waals surface area contributed by atoms with E-state index in [2.05, 4.69) is 5.32 Å². The van der Waals surface area contributed by atoms with Gasteiger partial charge in [-0.05, 0) is 30.5 Å². The second kappa shape index (κ2) is 6.78. The first-order valence-electron chi connectivity index (χ1n) is 6.18. The van der Waals surface area contributed by atoms with Gasteiger partial charge < -0.3 is 15.8 Å². The molecule has 0 saturated carbocycles. The Hall–Kier alpha value is -2.04. The van der Waals surface area contributed by atoms with Crippen molar-refractivity contribution in [2.24, 2.45) is 5.92 Å². The summed E-state index contributed by atoms with van der Waals surface area (Å²) in [6.07, 6.45) is 0.529. The standard InChI is InChI=1S/C14H20N2O3/c1-9(2)7-12(14(18)19-3)16-13(17)10-5-4-6-11(15)8-10/h4-6,8-9,12H,7,15H2,1-3H3,(H,16,17). The van der Waals surface area contributed by atoms with E-state index < -0.39 is 12.0 Å². The molecule has 0 heterocycles. The summed E-state index contributed by atoms with van der Waals surface area (Å²) in [6, 6.07) is 5.97. The molecule has 0 aliphatic heterocycles. The van der Waals surface area contributed by atoms with Gasteiger partial charge in [-0.15, -0.1) is 0 Å². The predicted octanol–water partition coefficient (Wildman–Crippen LogP) is 1.59. The van der Waals surface area contributed by atoms with E-state index in [-0.39, 0.29) is 11.8 Å². The number of rotatable bonds is 5. The number of benzene rings is 1. The number of amides is 1. The summed E-state index contributed by atoms with van der Waals surface area (Å²) < 4.78 is 4.70. The fourth-order valence-electron chi connectivity index (χ4n) is 1.75. The average molecular weight is 264 g/mol. The molecule has 104 valence electrons. The third-order valence-electron chi connectivity index (χ3n) is 2.65. The quantitative estimate of drug-likeness (QED) is 0.625. The molecular weight excluding hydrogens is 244 g/mol. The molecule has 0 spiro atoms. The molecule has 0 radical (unpaired) electrons. The highest BCUT2D eigenvalue weighted by Gasteiger charge is 2.23. The van der Waals surface area contributed by atoms with Crippen molar-refractivity contribution in [3.63, 3.8) is 0 Å². The van der Waals surface area contributed by atoms with Crippen molar-refractivity contribution in [3.8, 4) is 0 Å². The molecule has 0 aliphatic rings. The molecular formula is C14H20N2O3. The summed E-state index contributed by atoms with van der Waals surface area (Å²) in [5.74, 6) is -0.500. The number of carbonyl (C=O) groups excluding carboxylic acids is 2. The second-order valence-electron chi connectivity index (χ2n) is 4.80. The Labute approximate surface area is 113 Å². The van der Waals surface area contributed by atoms with Crippen LogP contribution < -0.4 is 11.1 Å².